The summed E-state index contributed by atoms with van der Waals surface area (Å²) in [6.07, 6.45) is 5.89. The maximum Gasteiger partial charge on any atom is 0.249 e. The van der Waals surface area contributed by atoms with Crippen LogP contribution in [0.4, 0.5) is 0 Å². The number of nitrogens with zero attached hydrogens (tertiary/aromatic N) is 1. The van der Waals surface area contributed by atoms with E-state index in [2.05, 4.69) is 22.4 Å². The van der Waals surface area contributed by atoms with E-state index in [0.29, 0.717) is 18.9 Å². The minimum Gasteiger partial charge on any atom is -0.474 e. The molecular weight excluding hydrogens is 328 g/mol. The molecule has 2 aromatic rings. The second-order valence-electron chi connectivity index (χ2n) is 7.04. The summed E-state index contributed by atoms with van der Waals surface area (Å²) in [5.74, 6) is 0.683. The van der Waals surface area contributed by atoms with Crippen molar-refractivity contribution in [2.45, 2.75) is 57.0 Å². The van der Waals surface area contributed by atoms with Crippen molar-refractivity contribution in [3.63, 3.8) is 0 Å². The Bertz CT molecular complexity index is 742. The van der Waals surface area contributed by atoms with Crippen molar-refractivity contribution in [2.24, 2.45) is 0 Å². The lowest BCUT2D eigenvalue weighted by molar-refractivity contribution is -0.135. The average Bonchev–Trinajstić information content (AvgIpc) is 2.70. The molecule has 1 N–H and O–H groups in total. The first-order chi connectivity index (χ1) is 12.8. The highest BCUT2D eigenvalue weighted by Gasteiger charge is 2.29. The first-order valence-electron chi connectivity index (χ1n) is 9.34. The third-order valence-corrected chi connectivity index (χ3v) is 5.20. The second-order valence-corrected chi connectivity index (χ2v) is 7.04. The highest BCUT2D eigenvalue weighted by atomic mass is 16.5. The van der Waals surface area contributed by atoms with E-state index in [9.17, 15) is 4.79 Å². The van der Waals surface area contributed by atoms with Crippen LogP contribution in [0.5, 0.6) is 5.88 Å². The summed E-state index contributed by atoms with van der Waals surface area (Å²) in [7, 11) is 0. The van der Waals surface area contributed by atoms with Crippen LogP contribution in [0.15, 0.2) is 48.7 Å². The van der Waals surface area contributed by atoms with Gasteiger partial charge in [-0.15, -0.1) is 0 Å². The van der Waals surface area contributed by atoms with Crippen molar-refractivity contribution in [1.29, 1.82) is 0 Å². The number of benzene rings is 1. The van der Waals surface area contributed by atoms with E-state index >= 15 is 0 Å². The molecule has 1 aliphatic heterocycles. The molecule has 2 aliphatic rings. The van der Waals surface area contributed by atoms with Crippen LogP contribution in [-0.4, -0.2) is 29.1 Å². The fraction of sp³-hybridized carbons (Fsp3) is 0.429. The minimum atomic E-state index is -0.382. The van der Waals surface area contributed by atoms with Gasteiger partial charge in [-0.25, -0.2) is 4.98 Å². The lowest BCUT2D eigenvalue weighted by Crippen LogP contribution is -2.46. The van der Waals surface area contributed by atoms with E-state index in [1.54, 1.807) is 6.20 Å². The summed E-state index contributed by atoms with van der Waals surface area (Å²) < 4.78 is 11.7. The lowest BCUT2D eigenvalue weighted by Gasteiger charge is -2.31. The molecule has 0 radical (unpaired) electrons. The van der Waals surface area contributed by atoms with Gasteiger partial charge < -0.3 is 14.8 Å². The number of pyridine rings is 1. The molecule has 1 atom stereocenters. The van der Waals surface area contributed by atoms with Gasteiger partial charge in [0, 0.05) is 24.7 Å². The highest BCUT2D eigenvalue weighted by molar-refractivity contribution is 5.81. The number of carbonyl (C=O) groups is 1. The minimum absolute atomic E-state index is 0.00796. The SMILES string of the molecule is O=C(NC1CCC(Oc2ccccn2)CC1)C1Cc2ccccc2CO1. The van der Waals surface area contributed by atoms with Crippen LogP contribution in [0.25, 0.3) is 0 Å². The first-order valence-corrected chi connectivity index (χ1v) is 9.34. The second kappa shape index (κ2) is 7.87. The molecule has 1 aromatic carbocycles. The molecule has 5 heteroatoms. The molecule has 1 fully saturated rings. The molecule has 1 amide bonds. The third-order valence-electron chi connectivity index (χ3n) is 5.20. The Morgan fingerprint density at radius 2 is 1.81 bits per heavy atom. The molecule has 0 bridgehead atoms. The monoisotopic (exact) mass is 352 g/mol. The zero-order valence-electron chi connectivity index (χ0n) is 14.8. The molecule has 26 heavy (non-hydrogen) atoms. The maximum atomic E-state index is 12.6. The molecular formula is C21H24N2O3. The van der Waals surface area contributed by atoms with Crippen LogP contribution in [-0.2, 0) is 22.6 Å². The Balaban J connectivity index is 1.25. The van der Waals surface area contributed by atoms with Crippen molar-refractivity contribution < 1.29 is 14.3 Å². The predicted molar refractivity (Wildman–Crippen MR) is 97.8 cm³/mol. The van der Waals surface area contributed by atoms with Crippen molar-refractivity contribution in [3.8, 4) is 5.88 Å². The lowest BCUT2D eigenvalue weighted by atomic mass is 9.92. The van der Waals surface area contributed by atoms with Crippen LogP contribution >= 0.6 is 0 Å². The predicted octanol–water partition coefficient (Wildman–Crippen LogP) is 3.03. The van der Waals surface area contributed by atoms with Gasteiger partial charge in [-0.3, -0.25) is 4.79 Å². The molecule has 5 nitrogen and oxygen atoms in total. The van der Waals surface area contributed by atoms with E-state index in [4.69, 9.17) is 9.47 Å². The molecule has 1 aliphatic carbocycles. The van der Waals surface area contributed by atoms with Crippen LogP contribution in [0.2, 0.25) is 0 Å². The molecule has 4 rings (SSSR count). The quantitative estimate of drug-likeness (QED) is 0.919. The van der Waals surface area contributed by atoms with Crippen molar-refractivity contribution in [2.75, 3.05) is 0 Å². The molecule has 1 unspecified atom stereocenters. The number of hydrogen-bond donors (Lipinski definition) is 1. The van der Waals surface area contributed by atoms with E-state index < -0.39 is 0 Å². The van der Waals surface area contributed by atoms with Gasteiger partial charge in [0.2, 0.25) is 11.8 Å². The number of ether oxygens (including phenoxy) is 2. The van der Waals surface area contributed by atoms with Crippen molar-refractivity contribution in [3.05, 3.63) is 59.8 Å². The molecule has 0 saturated heterocycles. The summed E-state index contributed by atoms with van der Waals surface area (Å²) in [4.78, 5) is 16.8. The zero-order valence-corrected chi connectivity index (χ0v) is 14.8. The van der Waals surface area contributed by atoms with Gasteiger partial charge in [0.1, 0.15) is 12.2 Å². The van der Waals surface area contributed by atoms with Gasteiger partial charge in [0.25, 0.3) is 0 Å². The number of hydrogen-bond acceptors (Lipinski definition) is 4. The topological polar surface area (TPSA) is 60.5 Å². The molecule has 0 spiro atoms. The Morgan fingerprint density at radius 1 is 1.04 bits per heavy atom. The Kier molecular flexibility index (Phi) is 5.16. The average molecular weight is 352 g/mol. The number of rotatable bonds is 4. The highest BCUT2D eigenvalue weighted by Crippen LogP contribution is 2.24. The Labute approximate surface area is 153 Å². The summed E-state index contributed by atoms with van der Waals surface area (Å²) in [6.45, 7) is 0.513. The van der Waals surface area contributed by atoms with Gasteiger partial charge in [0.15, 0.2) is 0 Å². The third kappa shape index (κ3) is 4.05. The number of aromatic nitrogens is 1. The van der Waals surface area contributed by atoms with E-state index in [1.165, 1.54) is 11.1 Å². The number of carbonyl (C=O) groups excluding carboxylic acids is 1. The number of nitrogens with one attached hydrogen (secondary N) is 1. The Hall–Kier alpha value is -2.40. The zero-order chi connectivity index (χ0) is 17.8. The summed E-state index contributed by atoms with van der Waals surface area (Å²) in [6, 6.07) is 14.1. The molecule has 1 saturated carbocycles. The molecule has 136 valence electrons. The smallest absolute Gasteiger partial charge is 0.249 e. The van der Waals surface area contributed by atoms with Gasteiger partial charge >= 0.3 is 0 Å². The largest absolute Gasteiger partial charge is 0.474 e. The van der Waals surface area contributed by atoms with Gasteiger partial charge in [-0.2, -0.15) is 0 Å². The van der Waals surface area contributed by atoms with Crippen LogP contribution < -0.4 is 10.1 Å². The van der Waals surface area contributed by atoms with Gasteiger partial charge in [-0.05, 0) is 42.9 Å². The fourth-order valence-electron chi connectivity index (χ4n) is 3.72. The summed E-state index contributed by atoms with van der Waals surface area (Å²) in [5, 5.41) is 3.17. The Morgan fingerprint density at radius 3 is 2.58 bits per heavy atom. The van der Waals surface area contributed by atoms with Gasteiger partial charge in [0.05, 0.1) is 6.61 Å². The molecule has 1 aromatic heterocycles. The van der Waals surface area contributed by atoms with Crippen molar-refractivity contribution >= 4 is 5.91 Å². The van der Waals surface area contributed by atoms with E-state index in [1.807, 2.05) is 30.3 Å². The molecule has 2 heterocycles. The van der Waals surface area contributed by atoms with Crippen LogP contribution in [0.3, 0.4) is 0 Å². The van der Waals surface area contributed by atoms with Crippen LogP contribution in [0, 0.1) is 0 Å². The first kappa shape index (κ1) is 17.0. The standard InChI is InChI=1S/C21H24N2O3/c24-21(19-13-15-5-1-2-6-16(15)14-25-19)23-17-8-10-18(11-9-17)26-20-7-3-4-12-22-20/h1-7,12,17-19H,8-11,13-14H2,(H,23,24). The summed E-state index contributed by atoms with van der Waals surface area (Å²) >= 11 is 0. The van der Waals surface area contributed by atoms with Crippen molar-refractivity contribution in [1.82, 2.24) is 10.3 Å². The maximum absolute atomic E-state index is 12.6. The number of fused-ring (bicyclic) bond motifs is 1. The van der Waals surface area contributed by atoms with E-state index in [-0.39, 0.29) is 24.2 Å². The summed E-state index contributed by atoms with van der Waals surface area (Å²) in [5.41, 5.74) is 2.40. The number of amides is 1. The van der Waals surface area contributed by atoms with E-state index in [0.717, 1.165) is 25.7 Å². The van der Waals surface area contributed by atoms with Gasteiger partial charge in [-0.1, -0.05) is 30.3 Å². The normalized spacial score (nSPS) is 25.2. The van der Waals surface area contributed by atoms with Crippen LogP contribution in [0.1, 0.15) is 36.8 Å². The fourth-order valence-corrected chi connectivity index (χ4v) is 3.72.